The standard InChI is InChI=1S/C31H37Cl2N3O4S/c1-6-28(31(38)34-18-21(2)3)35(19-24-13-14-25(32)17-27(24)33)30(37)20-36(29-10-8-7-9-23(29)5)41(39,40)26-15-11-22(4)12-16-26/h7-17,21,28H,6,18-20H2,1-5H3,(H,34,38)/t28-/m1/s1. The van der Waals surface area contributed by atoms with E-state index in [1.165, 1.54) is 17.0 Å². The predicted octanol–water partition coefficient (Wildman–Crippen LogP) is 6.39. The van der Waals surface area contributed by atoms with Gasteiger partial charge in [0.15, 0.2) is 0 Å². The third kappa shape index (κ3) is 8.24. The van der Waals surface area contributed by atoms with Crippen molar-refractivity contribution in [2.24, 2.45) is 5.92 Å². The van der Waals surface area contributed by atoms with E-state index in [1.54, 1.807) is 61.5 Å². The van der Waals surface area contributed by atoms with Gasteiger partial charge in [-0.25, -0.2) is 8.42 Å². The molecule has 0 aliphatic rings. The molecule has 0 heterocycles. The lowest BCUT2D eigenvalue weighted by Gasteiger charge is -2.34. The minimum Gasteiger partial charge on any atom is -0.354 e. The van der Waals surface area contributed by atoms with E-state index in [9.17, 15) is 18.0 Å². The molecule has 1 atom stereocenters. The van der Waals surface area contributed by atoms with Crippen LogP contribution in [0.15, 0.2) is 71.6 Å². The Kier molecular flexibility index (Phi) is 11.2. The third-order valence-corrected chi connectivity index (χ3v) is 9.06. The number of carbonyl (C=O) groups is 2. The molecule has 3 aromatic carbocycles. The van der Waals surface area contributed by atoms with Gasteiger partial charge in [-0.2, -0.15) is 0 Å². The normalized spacial score (nSPS) is 12.2. The molecule has 0 spiro atoms. The number of hydrogen-bond donors (Lipinski definition) is 1. The lowest BCUT2D eigenvalue weighted by atomic mass is 10.1. The van der Waals surface area contributed by atoms with Crippen molar-refractivity contribution in [1.82, 2.24) is 10.2 Å². The number of anilines is 1. The summed E-state index contributed by atoms with van der Waals surface area (Å²) in [4.78, 5) is 29.0. The van der Waals surface area contributed by atoms with Gasteiger partial charge in [-0.3, -0.25) is 13.9 Å². The number of para-hydroxylation sites is 1. The van der Waals surface area contributed by atoms with Crippen molar-refractivity contribution in [3.8, 4) is 0 Å². The largest absolute Gasteiger partial charge is 0.354 e. The van der Waals surface area contributed by atoms with Crippen LogP contribution < -0.4 is 9.62 Å². The zero-order chi connectivity index (χ0) is 30.3. The Morgan fingerprint density at radius 2 is 1.61 bits per heavy atom. The molecule has 220 valence electrons. The van der Waals surface area contributed by atoms with E-state index in [0.29, 0.717) is 39.8 Å². The first-order valence-electron chi connectivity index (χ1n) is 13.5. The van der Waals surface area contributed by atoms with Crippen LogP contribution in [-0.2, 0) is 26.2 Å². The first-order valence-corrected chi connectivity index (χ1v) is 15.7. The number of carbonyl (C=O) groups excluding carboxylic acids is 2. The number of amides is 2. The summed E-state index contributed by atoms with van der Waals surface area (Å²) in [7, 11) is -4.14. The number of aryl methyl sites for hydroxylation is 2. The van der Waals surface area contributed by atoms with Crippen LogP contribution in [0.2, 0.25) is 10.0 Å². The van der Waals surface area contributed by atoms with Crippen LogP contribution in [0.5, 0.6) is 0 Å². The first kappa shape index (κ1) is 32.4. The van der Waals surface area contributed by atoms with Crippen LogP contribution in [0.3, 0.4) is 0 Å². The highest BCUT2D eigenvalue weighted by molar-refractivity contribution is 7.92. The average molecular weight is 619 g/mol. The summed E-state index contributed by atoms with van der Waals surface area (Å²) in [5, 5.41) is 3.70. The molecule has 0 radical (unpaired) electrons. The number of hydrogen-bond acceptors (Lipinski definition) is 4. The molecule has 1 N–H and O–H groups in total. The molecule has 0 saturated heterocycles. The summed E-state index contributed by atoms with van der Waals surface area (Å²) >= 11 is 12.6. The number of benzene rings is 3. The summed E-state index contributed by atoms with van der Waals surface area (Å²) in [6.07, 6.45) is 0.315. The van der Waals surface area contributed by atoms with Crippen LogP contribution >= 0.6 is 23.2 Å². The van der Waals surface area contributed by atoms with Crippen molar-refractivity contribution in [2.75, 3.05) is 17.4 Å². The van der Waals surface area contributed by atoms with Crippen molar-refractivity contribution in [1.29, 1.82) is 0 Å². The Labute approximate surface area is 253 Å². The third-order valence-electron chi connectivity index (χ3n) is 6.70. The van der Waals surface area contributed by atoms with Crippen LogP contribution in [0.1, 0.15) is 43.9 Å². The summed E-state index contributed by atoms with van der Waals surface area (Å²) in [5.41, 5.74) is 2.56. The van der Waals surface area contributed by atoms with Crippen molar-refractivity contribution in [3.05, 3.63) is 93.5 Å². The first-order chi connectivity index (χ1) is 19.3. The quantitative estimate of drug-likeness (QED) is 0.255. The topological polar surface area (TPSA) is 86.8 Å². The molecule has 10 heteroatoms. The Morgan fingerprint density at radius 1 is 0.951 bits per heavy atom. The van der Waals surface area contributed by atoms with Gasteiger partial charge < -0.3 is 10.2 Å². The SMILES string of the molecule is CC[C@H](C(=O)NCC(C)C)N(Cc1ccc(Cl)cc1Cl)C(=O)CN(c1ccccc1C)S(=O)(=O)c1ccc(C)cc1. The molecular weight excluding hydrogens is 581 g/mol. The van der Waals surface area contributed by atoms with Gasteiger partial charge in [0.25, 0.3) is 10.0 Å². The lowest BCUT2D eigenvalue weighted by Crippen LogP contribution is -2.52. The van der Waals surface area contributed by atoms with Crippen LogP contribution in [0.4, 0.5) is 5.69 Å². The monoisotopic (exact) mass is 617 g/mol. The highest BCUT2D eigenvalue weighted by atomic mass is 35.5. The van der Waals surface area contributed by atoms with Crippen molar-refractivity contribution < 1.29 is 18.0 Å². The molecule has 0 aliphatic carbocycles. The van der Waals surface area contributed by atoms with Crippen LogP contribution in [-0.4, -0.2) is 44.3 Å². The number of rotatable bonds is 12. The van der Waals surface area contributed by atoms with Gasteiger partial charge in [-0.05, 0) is 67.6 Å². The van der Waals surface area contributed by atoms with Crippen molar-refractivity contribution in [2.45, 2.75) is 58.5 Å². The second kappa shape index (κ2) is 14.2. The number of nitrogens with zero attached hydrogens (tertiary/aromatic N) is 2. The molecule has 0 aromatic heterocycles. The second-order valence-corrected chi connectivity index (χ2v) is 13.1. The molecule has 0 bridgehead atoms. The summed E-state index contributed by atoms with van der Waals surface area (Å²) in [6.45, 7) is 9.35. The van der Waals surface area contributed by atoms with Gasteiger partial charge in [0, 0.05) is 23.1 Å². The molecule has 2 amide bonds. The fourth-order valence-corrected chi connectivity index (χ4v) is 6.32. The summed E-state index contributed by atoms with van der Waals surface area (Å²) < 4.78 is 29.1. The minimum absolute atomic E-state index is 0.00533. The molecule has 7 nitrogen and oxygen atoms in total. The van der Waals surface area contributed by atoms with E-state index in [0.717, 1.165) is 9.87 Å². The highest BCUT2D eigenvalue weighted by Gasteiger charge is 2.34. The molecule has 3 aromatic rings. The number of nitrogens with one attached hydrogen (secondary N) is 1. The smallest absolute Gasteiger partial charge is 0.264 e. The Bertz CT molecular complexity index is 1480. The van der Waals surface area contributed by atoms with E-state index in [4.69, 9.17) is 23.2 Å². The van der Waals surface area contributed by atoms with Crippen molar-refractivity contribution in [3.63, 3.8) is 0 Å². The molecular formula is C31H37Cl2N3O4S. The maximum atomic E-state index is 14.2. The molecule has 3 rings (SSSR count). The fourth-order valence-electron chi connectivity index (χ4n) is 4.37. The summed E-state index contributed by atoms with van der Waals surface area (Å²) in [5.74, 6) is -0.646. The molecule has 0 fully saturated rings. The zero-order valence-electron chi connectivity index (χ0n) is 24.0. The molecule has 0 aliphatic heterocycles. The van der Waals surface area contributed by atoms with E-state index < -0.39 is 28.5 Å². The second-order valence-electron chi connectivity index (χ2n) is 10.4. The lowest BCUT2D eigenvalue weighted by molar-refractivity contribution is -0.140. The van der Waals surface area contributed by atoms with E-state index in [2.05, 4.69) is 5.32 Å². The fraction of sp³-hybridized carbons (Fsp3) is 0.355. The average Bonchev–Trinajstić information content (AvgIpc) is 2.92. The zero-order valence-corrected chi connectivity index (χ0v) is 26.4. The Hall–Kier alpha value is -3.07. The predicted molar refractivity (Wildman–Crippen MR) is 166 cm³/mol. The molecule has 0 saturated carbocycles. The van der Waals surface area contributed by atoms with Crippen LogP contribution in [0.25, 0.3) is 0 Å². The molecule has 41 heavy (non-hydrogen) atoms. The van der Waals surface area contributed by atoms with Gasteiger partial charge in [-0.1, -0.05) is 85.9 Å². The maximum Gasteiger partial charge on any atom is 0.264 e. The Morgan fingerprint density at radius 3 is 2.20 bits per heavy atom. The van der Waals surface area contributed by atoms with Gasteiger partial charge in [-0.15, -0.1) is 0 Å². The minimum atomic E-state index is -4.14. The molecule has 0 unspecified atom stereocenters. The van der Waals surface area contributed by atoms with Gasteiger partial charge in [0.1, 0.15) is 12.6 Å². The van der Waals surface area contributed by atoms with E-state index in [-0.39, 0.29) is 23.3 Å². The number of sulfonamides is 1. The van der Waals surface area contributed by atoms with Crippen molar-refractivity contribution >= 4 is 50.7 Å². The highest BCUT2D eigenvalue weighted by Crippen LogP contribution is 2.29. The maximum absolute atomic E-state index is 14.2. The summed E-state index contributed by atoms with van der Waals surface area (Å²) in [6, 6.07) is 17.5. The van der Waals surface area contributed by atoms with Gasteiger partial charge >= 0.3 is 0 Å². The van der Waals surface area contributed by atoms with Gasteiger partial charge in [0.2, 0.25) is 11.8 Å². The van der Waals surface area contributed by atoms with E-state index >= 15 is 0 Å². The number of halogens is 2. The van der Waals surface area contributed by atoms with Gasteiger partial charge in [0.05, 0.1) is 10.6 Å². The van der Waals surface area contributed by atoms with Crippen LogP contribution in [0, 0.1) is 19.8 Å². The Balaban J connectivity index is 2.08. The van der Waals surface area contributed by atoms with E-state index in [1.807, 2.05) is 27.7 Å².